The van der Waals surface area contributed by atoms with Crippen LogP contribution in [0, 0.1) is 34.6 Å². The Kier molecular flexibility index (Phi) is 16.3. The average Bonchev–Trinajstić information content (AvgIpc) is 1.51. The highest BCUT2D eigenvalue weighted by atomic mass is 14.5. The maximum absolute atomic E-state index is 2.40. The first-order chi connectivity index (χ1) is 45.4. The lowest BCUT2D eigenvalue weighted by Gasteiger charge is -2.30. The summed E-state index contributed by atoms with van der Waals surface area (Å²) in [5, 5.41) is 7.81. The Balaban J connectivity index is 0.000000102. The van der Waals surface area contributed by atoms with Gasteiger partial charge in [-0.25, -0.2) is 0 Å². The van der Waals surface area contributed by atoms with Crippen molar-refractivity contribution in [2.24, 2.45) is 0 Å². The van der Waals surface area contributed by atoms with Gasteiger partial charge < -0.3 is 0 Å². The SMILES string of the molecule is Cc1ccc2c(c1)C(C)(C)c1ccccc1-2.Cc1ccc2c(c1)C1(c3ccccc3-c3ccccc31)c1ccccc1-2.Cc1cccc(-c2ccc3ccccc3c2)c1.Cc1ccccc1-c1ccc2ccccc2c1.Cc1ccccc1-c1cccc2ccccc12. The van der Waals surface area contributed by atoms with Gasteiger partial charge in [0.1, 0.15) is 0 Å². The van der Waals surface area contributed by atoms with E-state index in [-0.39, 0.29) is 10.8 Å². The summed E-state index contributed by atoms with van der Waals surface area (Å²) >= 11 is 0. The molecule has 0 saturated carbocycles. The Hall–Kier alpha value is -10.9. The van der Waals surface area contributed by atoms with Crippen LogP contribution in [-0.4, -0.2) is 0 Å². The van der Waals surface area contributed by atoms with E-state index in [0.717, 1.165) is 0 Å². The lowest BCUT2D eigenvalue weighted by atomic mass is 9.70. The lowest BCUT2D eigenvalue weighted by Crippen LogP contribution is -2.25. The molecule has 0 unspecified atom stereocenters. The number of benzene rings is 15. The summed E-state index contributed by atoms with van der Waals surface area (Å²) in [7, 11) is 0. The molecule has 93 heavy (non-hydrogen) atoms. The minimum atomic E-state index is -0.189. The summed E-state index contributed by atoms with van der Waals surface area (Å²) in [6, 6.07) is 120. The van der Waals surface area contributed by atoms with Crippen LogP contribution in [0.3, 0.4) is 0 Å². The van der Waals surface area contributed by atoms with E-state index in [9.17, 15) is 0 Å². The van der Waals surface area contributed by atoms with Crippen molar-refractivity contribution in [1.29, 1.82) is 0 Å². The van der Waals surface area contributed by atoms with E-state index in [2.05, 4.69) is 382 Å². The zero-order valence-corrected chi connectivity index (χ0v) is 54.3. The third-order valence-corrected chi connectivity index (χ3v) is 19.4. The molecule has 0 aromatic heterocycles. The molecule has 3 aliphatic rings. The van der Waals surface area contributed by atoms with Gasteiger partial charge in [0.2, 0.25) is 0 Å². The first-order valence-electron chi connectivity index (χ1n) is 32.7. The monoisotopic (exact) mass is 1190 g/mol. The molecule has 0 saturated heterocycles. The van der Waals surface area contributed by atoms with Crippen LogP contribution in [0.25, 0.3) is 99.1 Å². The van der Waals surface area contributed by atoms with Gasteiger partial charge in [-0.2, -0.15) is 0 Å². The van der Waals surface area contributed by atoms with Crippen LogP contribution in [0.15, 0.2) is 334 Å². The Labute approximate surface area is 549 Å². The Morgan fingerprint density at radius 1 is 0.194 bits per heavy atom. The molecule has 0 N–H and O–H groups in total. The molecular weight excluding hydrogens is 1120 g/mol. The molecule has 0 nitrogen and oxygen atoms in total. The fourth-order valence-electron chi connectivity index (χ4n) is 14.8. The summed E-state index contributed by atoms with van der Waals surface area (Å²) < 4.78 is 0. The highest BCUT2D eigenvalue weighted by molar-refractivity contribution is 5.98. The average molecular weight is 1190 g/mol. The van der Waals surface area contributed by atoms with Crippen molar-refractivity contribution in [3.05, 3.63) is 395 Å². The topological polar surface area (TPSA) is 0 Å². The van der Waals surface area contributed by atoms with Crippen molar-refractivity contribution in [1.82, 2.24) is 0 Å². The first-order valence-corrected chi connectivity index (χ1v) is 32.7. The van der Waals surface area contributed by atoms with Crippen LogP contribution in [0.2, 0.25) is 0 Å². The molecule has 0 bridgehead atoms. The molecule has 0 heterocycles. The van der Waals surface area contributed by atoms with Gasteiger partial charge in [0, 0.05) is 5.41 Å². The molecule has 15 aromatic rings. The van der Waals surface area contributed by atoms with Crippen LogP contribution < -0.4 is 0 Å². The van der Waals surface area contributed by atoms with Gasteiger partial charge in [-0.1, -0.05) is 352 Å². The second kappa shape index (κ2) is 25.4. The molecule has 15 aromatic carbocycles. The zero-order valence-electron chi connectivity index (χ0n) is 54.3. The first kappa shape index (κ1) is 59.7. The minimum absolute atomic E-state index is 0.151. The van der Waals surface area contributed by atoms with Gasteiger partial charge in [-0.3, -0.25) is 0 Å². The number of aryl methyl sites for hydroxylation is 5. The molecule has 0 fully saturated rings. The number of hydrogen-bond acceptors (Lipinski definition) is 0. The van der Waals surface area contributed by atoms with Crippen LogP contribution in [0.5, 0.6) is 0 Å². The maximum atomic E-state index is 2.40. The van der Waals surface area contributed by atoms with Crippen molar-refractivity contribution in [3.63, 3.8) is 0 Å². The number of rotatable bonds is 3. The van der Waals surface area contributed by atoms with Crippen LogP contribution in [-0.2, 0) is 10.8 Å². The molecule has 3 aliphatic carbocycles. The molecule has 0 radical (unpaired) electrons. The smallest absolute Gasteiger partial charge is 0.0620 e. The summed E-state index contributed by atoms with van der Waals surface area (Å²) in [6.07, 6.45) is 0. The Morgan fingerprint density at radius 2 is 0.559 bits per heavy atom. The molecule has 448 valence electrons. The van der Waals surface area contributed by atoms with E-state index in [1.54, 1.807) is 0 Å². The largest absolute Gasteiger partial charge is 0.0725 e. The van der Waals surface area contributed by atoms with Crippen molar-refractivity contribution in [2.45, 2.75) is 59.3 Å². The zero-order chi connectivity index (χ0) is 63.6. The normalized spacial score (nSPS) is 12.6. The summed E-state index contributed by atoms with van der Waals surface area (Å²) in [5.74, 6) is 0. The third kappa shape index (κ3) is 11.3. The predicted molar refractivity (Wildman–Crippen MR) is 399 cm³/mol. The van der Waals surface area contributed by atoms with Gasteiger partial charge in [0.25, 0.3) is 0 Å². The van der Waals surface area contributed by atoms with Gasteiger partial charge in [-0.05, 0) is 190 Å². The summed E-state index contributed by atoms with van der Waals surface area (Å²) in [6.45, 7) is 15.4. The van der Waals surface area contributed by atoms with Crippen LogP contribution >= 0.6 is 0 Å². The molecule has 1 spiro atoms. The Bertz CT molecular complexity index is 5190. The molecule has 0 heteroatoms. The van der Waals surface area contributed by atoms with Crippen molar-refractivity contribution < 1.29 is 0 Å². The van der Waals surface area contributed by atoms with E-state index >= 15 is 0 Å². The predicted octanol–water partition coefficient (Wildman–Crippen LogP) is 25.1. The molecule has 18 rings (SSSR count). The van der Waals surface area contributed by atoms with Crippen LogP contribution in [0.1, 0.15) is 75.0 Å². The Morgan fingerprint density at radius 3 is 1.12 bits per heavy atom. The van der Waals surface area contributed by atoms with Crippen molar-refractivity contribution in [2.75, 3.05) is 0 Å². The van der Waals surface area contributed by atoms with E-state index in [0.29, 0.717) is 0 Å². The van der Waals surface area contributed by atoms with E-state index < -0.39 is 0 Å². The summed E-state index contributed by atoms with van der Waals surface area (Å²) in [4.78, 5) is 0. The second-order valence-electron chi connectivity index (χ2n) is 25.8. The lowest BCUT2D eigenvalue weighted by molar-refractivity contribution is 0.660. The number of hydrogen-bond donors (Lipinski definition) is 0. The van der Waals surface area contributed by atoms with E-state index in [4.69, 9.17) is 0 Å². The fraction of sp³-hybridized carbons (Fsp3) is 0.0968. The molecule has 0 aliphatic heterocycles. The van der Waals surface area contributed by atoms with Crippen molar-refractivity contribution in [3.8, 4) is 66.8 Å². The highest BCUT2D eigenvalue weighted by Crippen LogP contribution is 2.62. The summed E-state index contributed by atoms with van der Waals surface area (Å²) in [5.41, 5.74) is 31.3. The quantitative estimate of drug-likeness (QED) is 0.165. The standard InChI is InChI=1S/C26H18.3C17H14.C16H16/c1-17-14-15-21-20-10-4-7-13-24(20)26(25(21)16-17)22-11-5-2-8-18(22)19-9-3-6-12-23(19)26;1-13-6-2-5-9-17(13)16-11-10-14-7-3-4-8-15(14)12-16;1-13-7-2-4-10-15(13)17-12-6-9-14-8-3-5-11-16(14)17;1-13-5-4-8-15(11-13)17-10-9-14-6-2-3-7-16(14)12-17;1-11-8-9-13-12-6-4-5-7-14(12)16(2,3)15(13)10-11/h2-16H,1H3;3*2-12H,1H3;4-10H,1-3H3. The number of fused-ring (bicyclic) bond motifs is 16. The molecular formula is C93H76. The van der Waals surface area contributed by atoms with Gasteiger partial charge in [0.15, 0.2) is 0 Å². The van der Waals surface area contributed by atoms with E-state index in [1.165, 1.54) is 160 Å². The van der Waals surface area contributed by atoms with Gasteiger partial charge in [-0.15, -0.1) is 0 Å². The third-order valence-electron chi connectivity index (χ3n) is 19.4. The van der Waals surface area contributed by atoms with Crippen LogP contribution in [0.4, 0.5) is 0 Å². The van der Waals surface area contributed by atoms with E-state index in [1.807, 2.05) is 0 Å². The van der Waals surface area contributed by atoms with Gasteiger partial charge in [0.05, 0.1) is 5.41 Å². The molecule has 0 atom stereocenters. The minimum Gasteiger partial charge on any atom is -0.0620 e. The van der Waals surface area contributed by atoms with Gasteiger partial charge >= 0.3 is 0 Å². The molecule has 0 amide bonds. The van der Waals surface area contributed by atoms with Crippen molar-refractivity contribution >= 4 is 32.3 Å². The fourth-order valence-corrected chi connectivity index (χ4v) is 14.8. The second-order valence-corrected chi connectivity index (χ2v) is 25.8. The maximum Gasteiger partial charge on any atom is 0.0725 e. The highest BCUT2D eigenvalue weighted by Gasteiger charge is 2.51.